The molecule has 7 nitrogen and oxygen atoms in total. The number of H-pyrrole nitrogens is 1. The number of carbonyl (C=O) groups excluding carboxylic acids is 1. The summed E-state index contributed by atoms with van der Waals surface area (Å²) in [5.41, 5.74) is 0.555. The van der Waals surface area contributed by atoms with Gasteiger partial charge in [-0.15, -0.1) is 0 Å². The third-order valence-corrected chi connectivity index (χ3v) is 6.51. The van der Waals surface area contributed by atoms with E-state index >= 15 is 0 Å². The third kappa shape index (κ3) is 3.85. The van der Waals surface area contributed by atoms with Crippen LogP contribution in [0.5, 0.6) is 0 Å². The Kier molecular flexibility index (Phi) is 5.39. The Balaban J connectivity index is 1.73. The van der Waals surface area contributed by atoms with Crippen LogP contribution in [0.15, 0.2) is 41.2 Å². The quantitative estimate of drug-likeness (QED) is 0.594. The van der Waals surface area contributed by atoms with Crippen LogP contribution in [0.25, 0.3) is 10.8 Å². The Hall–Kier alpha value is -3.42. The first kappa shape index (κ1) is 20.8. The molecule has 0 radical (unpaired) electrons. The van der Waals surface area contributed by atoms with Crippen molar-refractivity contribution >= 4 is 33.7 Å². The fourth-order valence-corrected chi connectivity index (χ4v) is 5.10. The minimum absolute atomic E-state index is 0.118. The molecule has 0 bridgehead atoms. The van der Waals surface area contributed by atoms with E-state index in [4.69, 9.17) is 5.26 Å². The summed E-state index contributed by atoms with van der Waals surface area (Å²) in [7, 11) is 1.50. The highest BCUT2D eigenvalue weighted by Gasteiger charge is 2.36. The first-order valence-corrected chi connectivity index (χ1v) is 10.7. The lowest BCUT2D eigenvalue weighted by atomic mass is 9.97. The smallest absolute Gasteiger partial charge is 0.322 e. The van der Waals surface area contributed by atoms with Crippen LogP contribution in [0.4, 0.5) is 19.3 Å². The van der Waals surface area contributed by atoms with E-state index in [0.717, 1.165) is 12.1 Å². The highest BCUT2D eigenvalue weighted by atomic mass is 32.2. The molecule has 0 spiro atoms. The predicted octanol–water partition coefficient (Wildman–Crippen LogP) is 3.15. The third-order valence-electron chi connectivity index (χ3n) is 5.21. The lowest BCUT2D eigenvalue weighted by molar-refractivity contribution is 0.208. The van der Waals surface area contributed by atoms with E-state index < -0.39 is 40.4 Å². The van der Waals surface area contributed by atoms with Gasteiger partial charge >= 0.3 is 6.03 Å². The molecular formula is C21H16F2N4O3S. The normalized spacial score (nSPS) is 17.6. The van der Waals surface area contributed by atoms with E-state index in [9.17, 15) is 22.9 Å². The van der Waals surface area contributed by atoms with Crippen molar-refractivity contribution in [2.24, 2.45) is 0 Å². The lowest BCUT2D eigenvalue weighted by Gasteiger charge is -2.34. The average molecular weight is 442 g/mol. The molecular weight excluding hydrogens is 426 g/mol. The number of rotatable bonds is 2. The topological polar surface area (TPSA) is 112 Å². The number of hydrogen-bond donors (Lipinski definition) is 2. The van der Waals surface area contributed by atoms with Crippen LogP contribution in [0.3, 0.4) is 0 Å². The van der Waals surface area contributed by atoms with Crippen LogP contribution < -0.4 is 10.9 Å². The van der Waals surface area contributed by atoms with Crippen LogP contribution in [-0.2, 0) is 16.9 Å². The molecule has 0 aliphatic carbocycles. The first-order valence-electron chi connectivity index (χ1n) is 9.21. The number of aromatic nitrogens is 1. The first-order chi connectivity index (χ1) is 14.8. The minimum atomic E-state index is -1.34. The molecule has 2 N–H and O–H groups in total. The van der Waals surface area contributed by atoms with Crippen molar-refractivity contribution in [2.45, 2.75) is 11.8 Å². The van der Waals surface area contributed by atoms with Gasteiger partial charge in [-0.2, -0.15) is 5.26 Å². The number of anilines is 1. The van der Waals surface area contributed by atoms with Crippen LogP contribution >= 0.6 is 0 Å². The van der Waals surface area contributed by atoms with Gasteiger partial charge in [0.25, 0.3) is 5.56 Å². The standard InChI is InChI=1S/C21H16F2N4O3S/c1-27(21(29)25-13-3-5-16(23)11(6-13)8-24)18-10-31(30)9-17-19(18)14-4-2-12(22)7-15(14)20(28)26-17/h2-7,18H,9-10H2,1H3,(H,25,29)(H,26,28)/t18?,31-/m1/s1. The van der Waals surface area contributed by atoms with E-state index in [1.807, 2.05) is 0 Å². The molecule has 1 aliphatic rings. The molecule has 158 valence electrons. The Morgan fingerprint density at radius 2 is 2.06 bits per heavy atom. The molecule has 10 heteroatoms. The maximum Gasteiger partial charge on any atom is 0.322 e. The number of aromatic amines is 1. The number of nitrogens with zero attached hydrogens (tertiary/aromatic N) is 2. The Labute approximate surface area is 178 Å². The molecule has 0 saturated heterocycles. The largest absolute Gasteiger partial charge is 0.616 e. The molecule has 3 aromatic rings. The van der Waals surface area contributed by atoms with Gasteiger partial charge < -0.3 is 19.8 Å². The zero-order chi connectivity index (χ0) is 22.3. The van der Waals surface area contributed by atoms with E-state index in [2.05, 4.69) is 10.3 Å². The number of nitrogens with one attached hydrogen (secondary N) is 2. The van der Waals surface area contributed by atoms with Crippen LogP contribution in [-0.4, -0.2) is 33.3 Å². The van der Waals surface area contributed by atoms with Gasteiger partial charge in [0.1, 0.15) is 35.3 Å². The number of fused-ring (bicyclic) bond motifs is 3. The Morgan fingerprint density at radius 1 is 1.29 bits per heavy atom. The molecule has 2 aromatic carbocycles. The predicted molar refractivity (Wildman–Crippen MR) is 112 cm³/mol. The van der Waals surface area contributed by atoms with Crippen molar-refractivity contribution in [3.8, 4) is 6.07 Å². The molecule has 1 aromatic heterocycles. The van der Waals surface area contributed by atoms with Gasteiger partial charge in [-0.05, 0) is 46.9 Å². The molecule has 1 aliphatic heterocycles. The molecule has 2 atom stereocenters. The summed E-state index contributed by atoms with van der Waals surface area (Å²) in [5.74, 6) is -1.02. The summed E-state index contributed by atoms with van der Waals surface area (Å²) in [6, 6.07) is 7.91. The number of halogens is 2. The summed E-state index contributed by atoms with van der Waals surface area (Å²) in [6.07, 6.45) is 0. The zero-order valence-electron chi connectivity index (χ0n) is 16.2. The lowest BCUT2D eigenvalue weighted by Crippen LogP contribution is -2.41. The number of pyridine rings is 1. The van der Waals surface area contributed by atoms with Crippen molar-refractivity contribution in [3.05, 3.63) is 75.2 Å². The minimum Gasteiger partial charge on any atom is -0.616 e. The van der Waals surface area contributed by atoms with Gasteiger partial charge in [0, 0.05) is 18.3 Å². The molecule has 2 amide bonds. The van der Waals surface area contributed by atoms with Gasteiger partial charge in [-0.1, -0.05) is 6.07 Å². The van der Waals surface area contributed by atoms with Crippen molar-refractivity contribution in [3.63, 3.8) is 0 Å². The molecule has 4 rings (SSSR count). The Morgan fingerprint density at radius 3 is 2.81 bits per heavy atom. The number of urea groups is 1. The molecule has 2 heterocycles. The average Bonchev–Trinajstić information content (AvgIpc) is 2.74. The van der Waals surface area contributed by atoms with Gasteiger partial charge in [0.2, 0.25) is 0 Å². The van der Waals surface area contributed by atoms with Crippen LogP contribution in [0, 0.1) is 23.0 Å². The SMILES string of the molecule is CN(C(=O)Nc1ccc(F)c(C#N)c1)C1C[S@+]([O-])Cc2[nH]c(=O)c3cc(F)ccc3c21. The van der Waals surface area contributed by atoms with Crippen LogP contribution in [0.2, 0.25) is 0 Å². The second-order valence-corrected chi connectivity index (χ2v) is 8.65. The molecule has 0 saturated carbocycles. The van der Waals surface area contributed by atoms with E-state index in [-0.39, 0.29) is 28.1 Å². The number of hydrogen-bond acceptors (Lipinski definition) is 4. The summed E-state index contributed by atoms with van der Waals surface area (Å²) < 4.78 is 39.7. The number of carbonyl (C=O) groups is 1. The molecule has 31 heavy (non-hydrogen) atoms. The van der Waals surface area contributed by atoms with Crippen LogP contribution in [0.1, 0.15) is 22.9 Å². The summed E-state index contributed by atoms with van der Waals surface area (Å²) in [6.45, 7) is 0. The highest BCUT2D eigenvalue weighted by Crippen LogP contribution is 2.35. The number of amides is 2. The molecule has 1 unspecified atom stereocenters. The van der Waals surface area contributed by atoms with Crippen molar-refractivity contribution < 1.29 is 18.1 Å². The molecule has 0 fully saturated rings. The highest BCUT2D eigenvalue weighted by molar-refractivity contribution is 7.90. The van der Waals surface area contributed by atoms with Crippen molar-refractivity contribution in [1.82, 2.24) is 9.88 Å². The monoisotopic (exact) mass is 442 g/mol. The second-order valence-electron chi connectivity index (χ2n) is 7.15. The van der Waals surface area contributed by atoms with E-state index in [1.54, 1.807) is 6.07 Å². The maximum absolute atomic E-state index is 13.7. The summed E-state index contributed by atoms with van der Waals surface area (Å²) in [5, 5.41) is 12.2. The zero-order valence-corrected chi connectivity index (χ0v) is 17.1. The van der Waals surface area contributed by atoms with Gasteiger partial charge in [0.05, 0.1) is 16.6 Å². The van der Waals surface area contributed by atoms with Crippen molar-refractivity contribution in [1.29, 1.82) is 5.26 Å². The summed E-state index contributed by atoms with van der Waals surface area (Å²) in [4.78, 5) is 29.3. The van der Waals surface area contributed by atoms with E-state index in [1.165, 1.54) is 36.2 Å². The van der Waals surface area contributed by atoms with Gasteiger partial charge in [-0.25, -0.2) is 13.6 Å². The maximum atomic E-state index is 13.7. The van der Waals surface area contributed by atoms with E-state index in [0.29, 0.717) is 16.6 Å². The van der Waals surface area contributed by atoms with Gasteiger partial charge in [-0.3, -0.25) is 4.79 Å². The fourth-order valence-electron chi connectivity index (χ4n) is 3.69. The number of nitriles is 1. The van der Waals surface area contributed by atoms with Gasteiger partial charge in [0.15, 0.2) is 0 Å². The van der Waals surface area contributed by atoms with Crippen molar-refractivity contribution in [2.75, 3.05) is 18.1 Å². The number of benzene rings is 2. The fraction of sp³-hybridized carbons (Fsp3) is 0.190. The Bertz CT molecular complexity index is 1300. The second kappa shape index (κ2) is 8.02. The summed E-state index contributed by atoms with van der Waals surface area (Å²) >= 11 is -1.34.